The van der Waals surface area contributed by atoms with Crippen molar-refractivity contribution in [3.8, 4) is 11.4 Å². The summed E-state index contributed by atoms with van der Waals surface area (Å²) in [6.07, 6.45) is 8.80. The zero-order chi connectivity index (χ0) is 17.1. The molecule has 1 fully saturated rings. The van der Waals surface area contributed by atoms with Gasteiger partial charge in [0.25, 0.3) is 5.91 Å². The molecule has 0 spiro atoms. The predicted octanol–water partition coefficient (Wildman–Crippen LogP) is 2.86. The van der Waals surface area contributed by atoms with Crippen molar-refractivity contribution >= 4 is 11.7 Å². The van der Waals surface area contributed by atoms with E-state index in [1.54, 1.807) is 17.1 Å². The Balaban J connectivity index is 1.48. The van der Waals surface area contributed by atoms with Gasteiger partial charge in [0.1, 0.15) is 11.6 Å². The maximum absolute atomic E-state index is 12.9. The van der Waals surface area contributed by atoms with Crippen molar-refractivity contribution in [3.05, 3.63) is 41.6 Å². The highest BCUT2D eigenvalue weighted by molar-refractivity contribution is 6.08. The van der Waals surface area contributed by atoms with Gasteiger partial charge in [-0.25, -0.2) is 4.98 Å². The van der Waals surface area contributed by atoms with Crippen molar-refractivity contribution in [2.45, 2.75) is 38.1 Å². The highest BCUT2D eigenvalue weighted by atomic mass is 16.1. The fourth-order valence-corrected chi connectivity index (χ4v) is 3.69. The molecule has 2 N–H and O–H groups in total. The van der Waals surface area contributed by atoms with Crippen molar-refractivity contribution in [2.24, 2.45) is 7.05 Å². The number of H-pyrrole nitrogens is 1. The minimum Gasteiger partial charge on any atom is -0.364 e. The van der Waals surface area contributed by atoms with Crippen LogP contribution in [0.5, 0.6) is 0 Å². The SMILES string of the molecule is C[C@@H]1Cc2[nH]cc(C(=O)Nc3cc(C4CC4)nn3C)c2-c2nccn21. The third-order valence-corrected chi connectivity index (χ3v) is 5.21. The van der Waals surface area contributed by atoms with E-state index in [2.05, 4.69) is 31.9 Å². The number of amides is 1. The molecule has 3 aromatic rings. The molecular formula is C18H20N6O. The fraction of sp³-hybridized carbons (Fsp3) is 0.389. The Bertz CT molecular complexity index is 974. The van der Waals surface area contributed by atoms with E-state index in [1.165, 1.54) is 12.8 Å². The molecule has 2 aliphatic rings. The van der Waals surface area contributed by atoms with Crippen molar-refractivity contribution in [1.29, 1.82) is 0 Å². The second-order valence-corrected chi connectivity index (χ2v) is 7.07. The quantitative estimate of drug-likeness (QED) is 0.772. The summed E-state index contributed by atoms with van der Waals surface area (Å²) in [5.74, 6) is 2.01. The fourth-order valence-electron chi connectivity index (χ4n) is 3.69. The normalized spacial score (nSPS) is 18.7. The zero-order valence-electron chi connectivity index (χ0n) is 14.3. The third kappa shape index (κ3) is 2.22. The number of hydrogen-bond acceptors (Lipinski definition) is 3. The Hall–Kier alpha value is -2.83. The van der Waals surface area contributed by atoms with Crippen LogP contribution in [-0.2, 0) is 13.5 Å². The third-order valence-electron chi connectivity index (χ3n) is 5.21. The van der Waals surface area contributed by atoms with E-state index >= 15 is 0 Å². The molecule has 0 saturated heterocycles. The van der Waals surface area contributed by atoms with E-state index in [-0.39, 0.29) is 5.91 Å². The number of rotatable bonds is 3. The van der Waals surface area contributed by atoms with Crippen molar-refractivity contribution in [2.75, 3.05) is 5.32 Å². The molecule has 1 aliphatic carbocycles. The van der Waals surface area contributed by atoms with Crippen molar-refractivity contribution in [3.63, 3.8) is 0 Å². The van der Waals surface area contributed by atoms with E-state index in [0.29, 0.717) is 17.5 Å². The first-order valence-corrected chi connectivity index (χ1v) is 8.70. The summed E-state index contributed by atoms with van der Waals surface area (Å²) < 4.78 is 3.87. The highest BCUT2D eigenvalue weighted by Crippen LogP contribution is 2.40. The standard InChI is InChI=1S/C18H20N6O/c1-10-7-14-16(17-19-5-6-24(10)17)12(9-20-14)18(25)21-15-8-13(11-3-4-11)22-23(15)2/h5-6,8-11,20H,3-4,7H2,1-2H3,(H,21,25)/t10-/m1/s1. The summed E-state index contributed by atoms with van der Waals surface area (Å²) in [5, 5.41) is 7.51. The van der Waals surface area contributed by atoms with Crippen LogP contribution in [0, 0.1) is 0 Å². The van der Waals surface area contributed by atoms with Gasteiger partial charge in [-0.2, -0.15) is 5.10 Å². The van der Waals surface area contributed by atoms with Gasteiger partial charge in [0, 0.05) is 55.8 Å². The van der Waals surface area contributed by atoms with Crippen LogP contribution in [0.4, 0.5) is 5.82 Å². The van der Waals surface area contributed by atoms with Gasteiger partial charge in [0.2, 0.25) is 0 Å². The molecule has 1 amide bonds. The minimum absolute atomic E-state index is 0.132. The van der Waals surface area contributed by atoms with Crippen LogP contribution < -0.4 is 5.32 Å². The van der Waals surface area contributed by atoms with Gasteiger partial charge in [-0.05, 0) is 19.8 Å². The van der Waals surface area contributed by atoms with Gasteiger partial charge < -0.3 is 14.9 Å². The second-order valence-electron chi connectivity index (χ2n) is 7.07. The number of anilines is 1. The monoisotopic (exact) mass is 336 g/mol. The Labute approximate surface area is 145 Å². The van der Waals surface area contributed by atoms with E-state index in [9.17, 15) is 4.79 Å². The van der Waals surface area contributed by atoms with Crippen molar-refractivity contribution < 1.29 is 4.79 Å². The number of nitrogens with one attached hydrogen (secondary N) is 2. The molecule has 4 heterocycles. The number of nitrogens with zero attached hydrogens (tertiary/aromatic N) is 4. The Morgan fingerprint density at radius 3 is 3.04 bits per heavy atom. The van der Waals surface area contributed by atoms with Crippen LogP contribution in [0.25, 0.3) is 11.4 Å². The lowest BCUT2D eigenvalue weighted by Gasteiger charge is -2.22. The molecule has 25 heavy (non-hydrogen) atoms. The molecule has 0 aromatic carbocycles. The summed E-state index contributed by atoms with van der Waals surface area (Å²) in [6.45, 7) is 2.16. The van der Waals surface area contributed by atoms with Gasteiger partial charge in [-0.15, -0.1) is 0 Å². The first-order valence-electron chi connectivity index (χ1n) is 8.70. The Morgan fingerprint density at radius 1 is 1.40 bits per heavy atom. The van der Waals surface area contributed by atoms with Crippen molar-refractivity contribution in [1.82, 2.24) is 24.3 Å². The molecule has 0 unspecified atom stereocenters. The first-order chi connectivity index (χ1) is 12.1. The number of aromatic nitrogens is 5. The molecule has 7 nitrogen and oxygen atoms in total. The molecule has 1 aliphatic heterocycles. The number of carbonyl (C=O) groups is 1. The number of aromatic amines is 1. The molecule has 0 radical (unpaired) electrons. The van der Waals surface area contributed by atoms with Gasteiger partial charge in [-0.3, -0.25) is 9.48 Å². The van der Waals surface area contributed by atoms with Crippen LogP contribution in [0.2, 0.25) is 0 Å². The molecule has 1 atom stereocenters. The number of imidazole rings is 1. The topological polar surface area (TPSA) is 80.5 Å². The number of hydrogen-bond donors (Lipinski definition) is 2. The molecule has 1 saturated carbocycles. The minimum atomic E-state index is -0.132. The molecule has 5 rings (SSSR count). The zero-order valence-corrected chi connectivity index (χ0v) is 14.3. The second kappa shape index (κ2) is 5.08. The summed E-state index contributed by atoms with van der Waals surface area (Å²) in [7, 11) is 1.86. The van der Waals surface area contributed by atoms with Crippen LogP contribution in [0.15, 0.2) is 24.7 Å². The first kappa shape index (κ1) is 14.5. The van der Waals surface area contributed by atoms with E-state index in [1.807, 2.05) is 19.3 Å². The van der Waals surface area contributed by atoms with Gasteiger partial charge in [0.15, 0.2) is 0 Å². The average molecular weight is 336 g/mol. The highest BCUT2D eigenvalue weighted by Gasteiger charge is 2.30. The number of fused-ring (bicyclic) bond motifs is 3. The summed E-state index contributed by atoms with van der Waals surface area (Å²) in [5.41, 5.74) is 3.67. The number of aryl methyl sites for hydroxylation is 1. The van der Waals surface area contributed by atoms with Gasteiger partial charge in [-0.1, -0.05) is 0 Å². The number of carbonyl (C=O) groups excluding carboxylic acids is 1. The Morgan fingerprint density at radius 2 is 2.24 bits per heavy atom. The summed E-state index contributed by atoms with van der Waals surface area (Å²) >= 11 is 0. The van der Waals surface area contributed by atoms with Crippen LogP contribution in [-0.4, -0.2) is 30.2 Å². The van der Waals surface area contributed by atoms with E-state index in [0.717, 1.165) is 35.0 Å². The van der Waals surface area contributed by atoms with Gasteiger partial charge >= 0.3 is 0 Å². The summed E-state index contributed by atoms with van der Waals surface area (Å²) in [4.78, 5) is 20.6. The Kier molecular flexibility index (Phi) is 2.95. The lowest BCUT2D eigenvalue weighted by Crippen LogP contribution is -2.19. The van der Waals surface area contributed by atoms with Gasteiger partial charge in [0.05, 0.1) is 16.8 Å². The van der Waals surface area contributed by atoms with Crippen LogP contribution in [0.1, 0.15) is 53.5 Å². The lowest BCUT2D eigenvalue weighted by atomic mass is 10.0. The molecule has 128 valence electrons. The predicted molar refractivity (Wildman–Crippen MR) is 93.6 cm³/mol. The maximum atomic E-state index is 12.9. The van der Waals surface area contributed by atoms with E-state index in [4.69, 9.17) is 0 Å². The molecule has 7 heteroatoms. The smallest absolute Gasteiger partial charge is 0.259 e. The average Bonchev–Trinajstić information content (AvgIpc) is 3.00. The largest absolute Gasteiger partial charge is 0.364 e. The van der Waals surface area contributed by atoms with E-state index < -0.39 is 0 Å². The molecule has 3 aromatic heterocycles. The molecular weight excluding hydrogens is 316 g/mol. The van der Waals surface area contributed by atoms with Crippen LogP contribution in [0.3, 0.4) is 0 Å². The molecule has 0 bridgehead atoms. The lowest BCUT2D eigenvalue weighted by molar-refractivity contribution is 0.102. The maximum Gasteiger partial charge on any atom is 0.259 e. The van der Waals surface area contributed by atoms with Crippen LogP contribution >= 0.6 is 0 Å². The summed E-state index contributed by atoms with van der Waals surface area (Å²) in [6, 6.07) is 2.32.